The summed E-state index contributed by atoms with van der Waals surface area (Å²) in [6.45, 7) is 2.86. The smallest absolute Gasteiger partial charge is 0.278 e. The number of carbonyl (C=O) groups excluding carboxylic acids is 1. The van der Waals surface area contributed by atoms with Crippen LogP contribution in [-0.4, -0.2) is 51.7 Å². The molecule has 1 aliphatic heterocycles. The summed E-state index contributed by atoms with van der Waals surface area (Å²) in [5, 5.41) is 5.03. The first-order chi connectivity index (χ1) is 13.9. The van der Waals surface area contributed by atoms with Crippen molar-refractivity contribution in [1.29, 1.82) is 0 Å². The van der Waals surface area contributed by atoms with E-state index in [2.05, 4.69) is 10.00 Å². The van der Waals surface area contributed by atoms with Crippen molar-refractivity contribution in [2.75, 3.05) is 26.2 Å². The third kappa shape index (κ3) is 4.02. The second-order valence-corrected chi connectivity index (χ2v) is 7.60. The predicted octanol–water partition coefficient (Wildman–Crippen LogP) is 2.68. The van der Waals surface area contributed by atoms with Crippen LogP contribution < -0.4 is 5.43 Å². The number of halogens is 2. The molecule has 0 atom stereocenters. The molecule has 150 valence electrons. The quantitative estimate of drug-likeness (QED) is 0.661. The third-order valence-corrected chi connectivity index (χ3v) is 5.41. The highest BCUT2D eigenvalue weighted by Crippen LogP contribution is 2.17. The maximum Gasteiger partial charge on any atom is 0.278 e. The first-order valence-electron chi connectivity index (χ1n) is 9.35. The van der Waals surface area contributed by atoms with Gasteiger partial charge < -0.3 is 4.90 Å². The Balaban J connectivity index is 1.50. The van der Waals surface area contributed by atoms with E-state index in [4.69, 9.17) is 11.6 Å². The number of fused-ring (bicyclic) bond motifs is 1. The Morgan fingerprint density at radius 3 is 2.62 bits per heavy atom. The molecule has 0 N–H and O–H groups in total. The summed E-state index contributed by atoms with van der Waals surface area (Å²) in [5.41, 5.74) is 1.01. The van der Waals surface area contributed by atoms with Crippen molar-refractivity contribution in [2.24, 2.45) is 7.05 Å². The van der Waals surface area contributed by atoms with Crippen molar-refractivity contribution >= 4 is 28.4 Å². The molecule has 1 aromatic heterocycles. The Morgan fingerprint density at radius 2 is 1.90 bits per heavy atom. The number of aromatic nitrogens is 2. The summed E-state index contributed by atoms with van der Waals surface area (Å²) in [7, 11) is 1.70. The van der Waals surface area contributed by atoms with E-state index in [-0.39, 0.29) is 17.4 Å². The molecule has 2 heterocycles. The van der Waals surface area contributed by atoms with Crippen LogP contribution in [0.5, 0.6) is 0 Å². The normalized spacial score (nSPS) is 15.1. The molecule has 1 aliphatic rings. The van der Waals surface area contributed by atoms with E-state index in [0.717, 1.165) is 5.56 Å². The zero-order valence-corrected chi connectivity index (χ0v) is 16.7. The van der Waals surface area contributed by atoms with Crippen LogP contribution in [0.4, 0.5) is 4.39 Å². The molecule has 0 unspecified atom stereocenters. The second-order valence-electron chi connectivity index (χ2n) is 7.16. The molecule has 0 saturated carbocycles. The first kappa shape index (κ1) is 19.5. The highest BCUT2D eigenvalue weighted by Gasteiger charge is 2.26. The van der Waals surface area contributed by atoms with Gasteiger partial charge >= 0.3 is 0 Å². The highest BCUT2D eigenvalue weighted by molar-refractivity contribution is 6.31. The number of nitrogens with zero attached hydrogens (tertiary/aromatic N) is 4. The molecule has 4 rings (SSSR count). The van der Waals surface area contributed by atoms with Gasteiger partial charge in [0.1, 0.15) is 5.82 Å². The Kier molecular flexibility index (Phi) is 5.34. The van der Waals surface area contributed by atoms with Gasteiger partial charge in [0.25, 0.3) is 5.91 Å². The van der Waals surface area contributed by atoms with E-state index in [9.17, 15) is 14.0 Å². The Labute approximate surface area is 172 Å². The van der Waals surface area contributed by atoms with Crippen LogP contribution >= 0.6 is 11.6 Å². The molecule has 1 amide bonds. The number of rotatable bonds is 3. The molecule has 0 bridgehead atoms. The molecule has 6 nitrogen and oxygen atoms in total. The molecule has 0 spiro atoms. The van der Waals surface area contributed by atoms with E-state index >= 15 is 0 Å². The van der Waals surface area contributed by atoms with Crippen LogP contribution in [0.3, 0.4) is 0 Å². The zero-order chi connectivity index (χ0) is 20.5. The summed E-state index contributed by atoms with van der Waals surface area (Å²) in [6.07, 6.45) is 0. The van der Waals surface area contributed by atoms with Crippen molar-refractivity contribution < 1.29 is 9.18 Å². The number of hydrogen-bond donors (Lipinski definition) is 0. The topological polar surface area (TPSA) is 58.4 Å². The molecule has 1 saturated heterocycles. The molecular weight excluding hydrogens is 395 g/mol. The minimum absolute atomic E-state index is 0.0964. The maximum absolute atomic E-state index is 13.4. The lowest BCUT2D eigenvalue weighted by atomic mass is 10.1. The zero-order valence-electron chi connectivity index (χ0n) is 15.9. The molecule has 1 fully saturated rings. The third-order valence-electron chi connectivity index (χ3n) is 5.17. The summed E-state index contributed by atoms with van der Waals surface area (Å²) in [6, 6.07) is 11.5. The summed E-state index contributed by atoms with van der Waals surface area (Å²) < 4.78 is 14.9. The maximum atomic E-state index is 13.4. The lowest BCUT2D eigenvalue weighted by molar-refractivity contribution is 0.0619. The minimum Gasteiger partial charge on any atom is -0.335 e. The van der Waals surface area contributed by atoms with Crippen LogP contribution in [0.25, 0.3) is 10.9 Å². The number of benzene rings is 2. The fourth-order valence-corrected chi connectivity index (χ4v) is 3.81. The average Bonchev–Trinajstić information content (AvgIpc) is 2.71. The Hall–Kier alpha value is -2.77. The fourth-order valence-electron chi connectivity index (χ4n) is 3.64. The van der Waals surface area contributed by atoms with E-state index < -0.39 is 5.43 Å². The fraction of sp³-hybridized carbons (Fsp3) is 0.286. The standard InChI is InChI=1S/C21H20ClFN4O2/c1-25-18-6-5-15(22)12-17(18)20(28)19(24-25)21(29)27-9-7-26(8-10-27)13-14-3-2-4-16(23)11-14/h2-6,11-12H,7-10,13H2,1H3. The van der Waals surface area contributed by atoms with E-state index in [1.54, 1.807) is 36.2 Å². The van der Waals surface area contributed by atoms with Crippen LogP contribution in [0.15, 0.2) is 47.3 Å². The van der Waals surface area contributed by atoms with E-state index in [0.29, 0.717) is 48.6 Å². The van der Waals surface area contributed by atoms with E-state index in [1.807, 2.05) is 6.07 Å². The second kappa shape index (κ2) is 7.93. The van der Waals surface area contributed by atoms with Gasteiger partial charge in [0.05, 0.1) is 10.9 Å². The van der Waals surface area contributed by atoms with Gasteiger partial charge in [0.15, 0.2) is 5.69 Å². The largest absolute Gasteiger partial charge is 0.335 e. The first-order valence-corrected chi connectivity index (χ1v) is 9.73. The van der Waals surface area contributed by atoms with Gasteiger partial charge in [-0.1, -0.05) is 23.7 Å². The molecule has 2 aromatic carbocycles. The van der Waals surface area contributed by atoms with Crippen LogP contribution in [0.1, 0.15) is 16.1 Å². The van der Waals surface area contributed by atoms with Crippen molar-refractivity contribution in [1.82, 2.24) is 19.6 Å². The van der Waals surface area contributed by atoms with Crippen LogP contribution in [0, 0.1) is 5.82 Å². The van der Waals surface area contributed by atoms with E-state index in [1.165, 1.54) is 16.8 Å². The van der Waals surface area contributed by atoms with Crippen molar-refractivity contribution in [3.8, 4) is 0 Å². The van der Waals surface area contributed by atoms with Gasteiger partial charge in [-0.25, -0.2) is 4.39 Å². The van der Waals surface area contributed by atoms with Gasteiger partial charge in [-0.2, -0.15) is 5.10 Å². The monoisotopic (exact) mass is 414 g/mol. The summed E-state index contributed by atoms with van der Waals surface area (Å²) in [5.74, 6) is -0.632. The minimum atomic E-state index is -0.409. The van der Waals surface area contributed by atoms with Crippen molar-refractivity contribution in [3.05, 3.63) is 74.8 Å². The van der Waals surface area contributed by atoms with Gasteiger partial charge in [0.2, 0.25) is 5.43 Å². The molecule has 0 aliphatic carbocycles. The van der Waals surface area contributed by atoms with Gasteiger partial charge in [-0.15, -0.1) is 0 Å². The van der Waals surface area contributed by atoms with Gasteiger partial charge in [-0.3, -0.25) is 19.2 Å². The Bertz CT molecular complexity index is 1140. The predicted molar refractivity (Wildman–Crippen MR) is 110 cm³/mol. The summed E-state index contributed by atoms with van der Waals surface area (Å²) >= 11 is 6.02. The number of carbonyl (C=O) groups is 1. The van der Waals surface area contributed by atoms with Crippen molar-refractivity contribution in [2.45, 2.75) is 6.54 Å². The number of piperazine rings is 1. The Morgan fingerprint density at radius 1 is 1.14 bits per heavy atom. The van der Waals surface area contributed by atoms with Gasteiger partial charge in [0, 0.05) is 44.8 Å². The lowest BCUT2D eigenvalue weighted by Gasteiger charge is -2.34. The molecule has 0 radical (unpaired) electrons. The number of aryl methyl sites for hydroxylation is 1. The lowest BCUT2D eigenvalue weighted by Crippen LogP contribution is -2.49. The van der Waals surface area contributed by atoms with Crippen LogP contribution in [0.2, 0.25) is 5.02 Å². The van der Waals surface area contributed by atoms with Gasteiger partial charge in [-0.05, 0) is 35.9 Å². The average molecular weight is 415 g/mol. The molecular formula is C21H20ClFN4O2. The number of amides is 1. The molecule has 29 heavy (non-hydrogen) atoms. The number of hydrogen-bond acceptors (Lipinski definition) is 4. The highest BCUT2D eigenvalue weighted by atomic mass is 35.5. The molecule has 8 heteroatoms. The molecule has 3 aromatic rings. The summed E-state index contributed by atoms with van der Waals surface area (Å²) in [4.78, 5) is 29.6. The van der Waals surface area contributed by atoms with Crippen LogP contribution in [-0.2, 0) is 13.6 Å². The van der Waals surface area contributed by atoms with Crippen molar-refractivity contribution in [3.63, 3.8) is 0 Å². The SMILES string of the molecule is Cn1nc(C(=O)N2CCN(Cc3cccc(F)c3)CC2)c(=O)c2cc(Cl)ccc21.